The maximum absolute atomic E-state index is 7.44. The van der Waals surface area contributed by atoms with E-state index in [2.05, 4.69) is 0 Å². The van der Waals surface area contributed by atoms with Gasteiger partial charge in [-0.05, 0) is 109 Å². The quantitative estimate of drug-likeness (QED) is 0.184. The molecule has 0 aromatic heterocycles. The van der Waals surface area contributed by atoms with E-state index in [1.807, 2.05) is 156 Å². The Morgan fingerprint density at radius 3 is 0.590 bits per heavy atom. The molecule has 0 saturated carbocycles. The first-order valence-electron chi connectivity index (χ1n) is 20.1. The molecule has 10 nitrogen and oxygen atoms in total. The Labute approximate surface area is 420 Å². The Kier molecular flexibility index (Phi) is 59.2. The summed E-state index contributed by atoms with van der Waals surface area (Å²) >= 11 is 0. The van der Waals surface area contributed by atoms with Gasteiger partial charge in [0.15, 0.2) is 0 Å². The Bertz CT molecular complexity index is 1250. The number of aryl methyl sites for hydroxylation is 8. The molecule has 0 radical (unpaired) electrons. The summed E-state index contributed by atoms with van der Waals surface area (Å²) in [5.41, 5.74) is 40.8. The minimum absolute atomic E-state index is 0. The first kappa shape index (κ1) is 73.5. The van der Waals surface area contributed by atoms with Crippen LogP contribution in [-0.2, 0) is 29.9 Å². The third kappa shape index (κ3) is 39.4. The molecule has 4 aromatic rings. The van der Waals surface area contributed by atoms with E-state index >= 15 is 0 Å². The Hall–Kier alpha value is -1.91. The zero-order chi connectivity index (χ0) is 42.7. The molecule has 0 unspecified atom stereocenters. The van der Waals surface area contributed by atoms with Gasteiger partial charge >= 0.3 is 37.7 Å². The van der Waals surface area contributed by atoms with Crippen LogP contribution in [0.3, 0.4) is 0 Å². The van der Waals surface area contributed by atoms with Gasteiger partial charge in [-0.2, -0.15) is 0 Å². The van der Waals surface area contributed by atoms with Crippen LogP contribution in [0.4, 0.5) is 22.7 Å². The molecule has 13 heteroatoms. The standard InChI is InChI=1S/4C8H10N.2C4H8O.2C4H10O.2Li.2O.U/c4*1-6-4-3-5-7(2)8(6)9;2*1-2-4-5-3-1;2*1-3-5-4-2;;;;;/h4*3-5,9H,1-2H3;2*1-4H2;2*3-4H2,1-2H3;;;;;/q4*-1;;;;;2*+1;2*-2;. The topological polar surface area (TPSA) is 189 Å². The zero-order valence-electron chi connectivity index (χ0n) is 40.4. The predicted molar refractivity (Wildman–Crippen MR) is 245 cm³/mol. The first-order valence-corrected chi connectivity index (χ1v) is 20.1. The first-order chi connectivity index (χ1) is 26.7. The van der Waals surface area contributed by atoms with E-state index in [9.17, 15) is 0 Å². The summed E-state index contributed by atoms with van der Waals surface area (Å²) in [5, 5.41) is 0. The van der Waals surface area contributed by atoms with Gasteiger partial charge in [-0.3, -0.25) is 0 Å². The number of hydrogen-bond acceptors (Lipinski definition) is 4. The van der Waals surface area contributed by atoms with Gasteiger partial charge < -0.3 is 52.8 Å². The summed E-state index contributed by atoms with van der Waals surface area (Å²) in [7, 11) is 0. The Morgan fingerprint density at radius 1 is 0.377 bits per heavy atom. The monoisotopic (exact) mass is 1060 g/mol. The van der Waals surface area contributed by atoms with Crippen LogP contribution < -0.4 is 37.7 Å². The number of ether oxygens (including phenoxy) is 4. The molecular weight excluding hydrogens is 980 g/mol. The van der Waals surface area contributed by atoms with Crippen molar-refractivity contribution < 1.29 is 98.7 Å². The largest absolute Gasteiger partial charge is 2.00 e. The molecule has 2 fully saturated rings. The molecule has 4 N–H and O–H groups in total. The van der Waals surface area contributed by atoms with Gasteiger partial charge in [-0.1, -0.05) is 117 Å². The van der Waals surface area contributed by atoms with E-state index in [4.69, 9.17) is 41.9 Å². The summed E-state index contributed by atoms with van der Waals surface area (Å²) in [4.78, 5) is 0. The summed E-state index contributed by atoms with van der Waals surface area (Å²) in [5.74, 6) is 0. The third-order valence-electron chi connectivity index (χ3n) is 8.40. The van der Waals surface area contributed by atoms with Gasteiger partial charge in [0.05, 0.1) is 0 Å². The Morgan fingerprint density at radius 2 is 0.525 bits per heavy atom. The van der Waals surface area contributed by atoms with Gasteiger partial charge in [-0.25, -0.2) is 0 Å². The normalized spacial score (nSPS) is 11.0. The number of rotatable bonds is 4. The molecule has 2 heterocycles. The second kappa shape index (κ2) is 49.1. The van der Waals surface area contributed by atoms with Crippen molar-refractivity contribution >= 4 is 22.7 Å². The van der Waals surface area contributed by atoms with Crippen molar-refractivity contribution in [2.45, 2.75) is 109 Å². The van der Waals surface area contributed by atoms with Crippen LogP contribution in [0.2, 0.25) is 0 Å². The third-order valence-corrected chi connectivity index (χ3v) is 8.40. The molecular formula is C48H76Li2N4O6U-6. The summed E-state index contributed by atoms with van der Waals surface area (Å²) < 4.78 is 19.6. The molecule has 2 aliphatic heterocycles. The van der Waals surface area contributed by atoms with Crippen LogP contribution in [0.5, 0.6) is 0 Å². The average Bonchev–Trinajstić information content (AvgIpc) is 3.97. The average molecular weight is 1060 g/mol. The summed E-state index contributed by atoms with van der Waals surface area (Å²) in [6, 6.07) is 23.5. The van der Waals surface area contributed by atoms with E-state index in [-0.39, 0.29) is 79.8 Å². The summed E-state index contributed by atoms with van der Waals surface area (Å²) in [6.45, 7) is 31.0. The van der Waals surface area contributed by atoms with Crippen molar-refractivity contribution in [2.24, 2.45) is 0 Å². The second-order valence-corrected chi connectivity index (χ2v) is 13.3. The van der Waals surface area contributed by atoms with Crippen molar-refractivity contribution in [1.29, 1.82) is 0 Å². The molecule has 336 valence electrons. The smallest absolute Gasteiger partial charge is 1.00 e. The SMILES string of the molecule is C1CCOC1.C1CCOC1.CCOCC.CCOCC.Cc1cccc(C)c1[NH-].Cc1cccc(C)c1[NH-].Cc1cccc(C)c1[NH-].Cc1cccc(C)c1[NH-].[Li+].[Li+].[O-2].[O-2].[U]. The van der Waals surface area contributed by atoms with Gasteiger partial charge in [0.25, 0.3) is 0 Å². The van der Waals surface area contributed by atoms with Crippen molar-refractivity contribution in [3.8, 4) is 0 Å². The zero-order valence-corrected chi connectivity index (χ0v) is 44.5. The summed E-state index contributed by atoms with van der Waals surface area (Å²) in [6.07, 6.45) is 5.11. The molecule has 0 atom stereocenters. The van der Waals surface area contributed by atoms with Crippen molar-refractivity contribution in [1.82, 2.24) is 0 Å². The minimum Gasteiger partial charge on any atom is -2.00 e. The molecule has 61 heavy (non-hydrogen) atoms. The molecule has 2 saturated heterocycles. The van der Waals surface area contributed by atoms with Gasteiger partial charge in [0.1, 0.15) is 0 Å². The van der Waals surface area contributed by atoms with Gasteiger partial charge in [0, 0.05) is 84.0 Å². The van der Waals surface area contributed by atoms with Gasteiger partial charge in [0.2, 0.25) is 0 Å². The molecule has 0 bridgehead atoms. The fourth-order valence-corrected chi connectivity index (χ4v) is 4.69. The van der Waals surface area contributed by atoms with Crippen molar-refractivity contribution in [2.75, 3.05) is 52.9 Å². The molecule has 4 aromatic carbocycles. The minimum atomic E-state index is 0. The van der Waals surface area contributed by atoms with Crippen LogP contribution in [0.15, 0.2) is 72.8 Å². The second-order valence-electron chi connectivity index (χ2n) is 13.3. The van der Waals surface area contributed by atoms with Crippen LogP contribution in [0.25, 0.3) is 22.9 Å². The number of hydrogen-bond donors (Lipinski definition) is 0. The molecule has 0 spiro atoms. The van der Waals surface area contributed by atoms with E-state index in [0.717, 1.165) is 97.4 Å². The predicted octanol–water partition coefficient (Wildman–Crippen LogP) is 9.40. The van der Waals surface area contributed by atoms with Crippen LogP contribution >= 0.6 is 0 Å². The van der Waals surface area contributed by atoms with Crippen molar-refractivity contribution in [3.63, 3.8) is 0 Å². The van der Waals surface area contributed by atoms with Gasteiger partial charge in [-0.15, -0.1) is 22.7 Å². The number of benzene rings is 4. The van der Waals surface area contributed by atoms with Crippen LogP contribution in [0.1, 0.15) is 97.9 Å². The molecule has 0 amide bonds. The molecule has 6 rings (SSSR count). The fourth-order valence-electron chi connectivity index (χ4n) is 4.69. The van der Waals surface area contributed by atoms with Crippen LogP contribution in [0, 0.1) is 86.5 Å². The molecule has 2 aliphatic rings. The maximum atomic E-state index is 7.44. The van der Waals surface area contributed by atoms with Crippen LogP contribution in [-0.4, -0.2) is 52.9 Å². The fraction of sp³-hybridized carbons (Fsp3) is 0.500. The van der Waals surface area contributed by atoms with E-state index < -0.39 is 0 Å². The maximum Gasteiger partial charge on any atom is 1.00 e. The van der Waals surface area contributed by atoms with E-state index in [1.165, 1.54) is 25.7 Å². The van der Waals surface area contributed by atoms with E-state index in [1.54, 1.807) is 0 Å². The Balaban J connectivity index is -0.000000109. The number of nitrogens with one attached hydrogen (secondary N) is 4. The van der Waals surface area contributed by atoms with Crippen molar-refractivity contribution in [3.05, 3.63) is 140 Å². The van der Waals surface area contributed by atoms with E-state index in [0.29, 0.717) is 22.7 Å². The molecule has 0 aliphatic carbocycles.